The van der Waals surface area contributed by atoms with Gasteiger partial charge in [-0.3, -0.25) is 4.90 Å². The molecule has 0 aliphatic carbocycles. The highest BCUT2D eigenvalue weighted by Crippen LogP contribution is 2.20. The highest BCUT2D eigenvalue weighted by Gasteiger charge is 2.22. The first-order valence-electron chi connectivity index (χ1n) is 6.05. The van der Waals surface area contributed by atoms with E-state index in [0.717, 1.165) is 25.4 Å². The molecule has 1 rings (SSSR count). The van der Waals surface area contributed by atoms with E-state index in [-0.39, 0.29) is 5.54 Å². The third-order valence-electron chi connectivity index (χ3n) is 2.84. The molecule has 3 nitrogen and oxygen atoms in total. The van der Waals surface area contributed by atoms with Crippen LogP contribution in [-0.4, -0.2) is 24.0 Å². The molecule has 0 unspecified atom stereocenters. The summed E-state index contributed by atoms with van der Waals surface area (Å²) in [4.78, 5) is 2.35. The molecule has 0 aromatic carbocycles. The van der Waals surface area contributed by atoms with Gasteiger partial charge in [0.05, 0.1) is 12.8 Å². The van der Waals surface area contributed by atoms with Crippen molar-refractivity contribution in [3.63, 3.8) is 0 Å². The Morgan fingerprint density at radius 2 is 2.18 bits per heavy atom. The molecule has 17 heavy (non-hydrogen) atoms. The molecule has 0 saturated carbocycles. The van der Waals surface area contributed by atoms with Crippen LogP contribution in [0.4, 0.5) is 0 Å². The summed E-state index contributed by atoms with van der Waals surface area (Å²) >= 11 is 0. The molecule has 1 N–H and O–H groups in total. The highest BCUT2D eigenvalue weighted by molar-refractivity contribution is 5.17. The molecular weight excluding hydrogens is 212 g/mol. The number of rotatable bonds is 6. The van der Waals surface area contributed by atoms with Gasteiger partial charge in [-0.1, -0.05) is 6.08 Å². The lowest BCUT2D eigenvalue weighted by Crippen LogP contribution is -2.40. The summed E-state index contributed by atoms with van der Waals surface area (Å²) in [5, 5.41) is 3.16. The SMILES string of the molecule is C=CCN(Cc1occc1CNC)C(C)(C)C. The van der Waals surface area contributed by atoms with Crippen molar-refractivity contribution in [1.29, 1.82) is 0 Å². The van der Waals surface area contributed by atoms with Crippen LogP contribution in [0.15, 0.2) is 29.4 Å². The van der Waals surface area contributed by atoms with Crippen molar-refractivity contribution in [1.82, 2.24) is 10.2 Å². The van der Waals surface area contributed by atoms with Crippen LogP contribution in [0.2, 0.25) is 0 Å². The van der Waals surface area contributed by atoms with Crippen LogP contribution >= 0.6 is 0 Å². The smallest absolute Gasteiger partial charge is 0.122 e. The Kier molecular flexibility index (Phi) is 4.97. The molecule has 0 bridgehead atoms. The number of hydrogen-bond acceptors (Lipinski definition) is 3. The van der Waals surface area contributed by atoms with Crippen LogP contribution in [0.1, 0.15) is 32.1 Å². The summed E-state index contributed by atoms with van der Waals surface area (Å²) in [6.45, 7) is 13.0. The quantitative estimate of drug-likeness (QED) is 0.770. The summed E-state index contributed by atoms with van der Waals surface area (Å²) in [5.74, 6) is 1.04. The van der Waals surface area contributed by atoms with Gasteiger partial charge in [0.1, 0.15) is 5.76 Å². The molecule has 0 aliphatic rings. The van der Waals surface area contributed by atoms with E-state index in [2.05, 4.69) is 37.6 Å². The molecule has 96 valence electrons. The number of nitrogens with one attached hydrogen (secondary N) is 1. The molecule has 0 aliphatic heterocycles. The molecule has 1 aromatic heterocycles. The van der Waals surface area contributed by atoms with E-state index in [1.165, 1.54) is 5.56 Å². The van der Waals surface area contributed by atoms with Gasteiger partial charge in [0.2, 0.25) is 0 Å². The first-order chi connectivity index (χ1) is 7.99. The molecule has 0 radical (unpaired) electrons. The van der Waals surface area contributed by atoms with Crippen LogP contribution in [0, 0.1) is 0 Å². The van der Waals surface area contributed by atoms with E-state index in [4.69, 9.17) is 4.42 Å². The van der Waals surface area contributed by atoms with E-state index in [9.17, 15) is 0 Å². The molecule has 0 saturated heterocycles. The van der Waals surface area contributed by atoms with Gasteiger partial charge in [-0.2, -0.15) is 0 Å². The molecular formula is C14H24N2O. The Hall–Kier alpha value is -1.06. The molecule has 1 aromatic rings. The lowest BCUT2D eigenvalue weighted by Gasteiger charge is -2.34. The van der Waals surface area contributed by atoms with Crippen LogP contribution < -0.4 is 5.32 Å². The Labute approximate surface area is 104 Å². The largest absolute Gasteiger partial charge is 0.468 e. The van der Waals surface area contributed by atoms with Crippen LogP contribution in [0.3, 0.4) is 0 Å². The van der Waals surface area contributed by atoms with Gasteiger partial charge in [-0.15, -0.1) is 6.58 Å². The average Bonchev–Trinajstić information content (AvgIpc) is 2.64. The average molecular weight is 236 g/mol. The Bertz CT molecular complexity index is 349. The van der Waals surface area contributed by atoms with Crippen molar-refractivity contribution < 1.29 is 4.42 Å². The maximum atomic E-state index is 5.57. The zero-order valence-electron chi connectivity index (χ0n) is 11.4. The van der Waals surface area contributed by atoms with Gasteiger partial charge in [0.25, 0.3) is 0 Å². The maximum absolute atomic E-state index is 5.57. The van der Waals surface area contributed by atoms with E-state index >= 15 is 0 Å². The Morgan fingerprint density at radius 3 is 2.71 bits per heavy atom. The van der Waals surface area contributed by atoms with Gasteiger partial charge in [0, 0.05) is 24.2 Å². The van der Waals surface area contributed by atoms with Crippen molar-refractivity contribution in [3.05, 3.63) is 36.3 Å². The predicted octanol–water partition coefficient (Wildman–Crippen LogP) is 2.79. The number of furan rings is 1. The van der Waals surface area contributed by atoms with E-state index in [1.807, 2.05) is 19.2 Å². The third kappa shape index (κ3) is 4.02. The standard InChI is InChI=1S/C14H24N2O/c1-6-8-16(14(2,3)4)11-13-12(10-15-5)7-9-17-13/h6-7,9,15H,1,8,10-11H2,2-5H3. The minimum atomic E-state index is 0.109. The lowest BCUT2D eigenvalue weighted by atomic mass is 10.1. The zero-order valence-corrected chi connectivity index (χ0v) is 11.4. The van der Waals surface area contributed by atoms with Gasteiger partial charge < -0.3 is 9.73 Å². The summed E-state index contributed by atoms with van der Waals surface area (Å²) in [6, 6.07) is 2.03. The lowest BCUT2D eigenvalue weighted by molar-refractivity contribution is 0.134. The number of nitrogens with zero attached hydrogens (tertiary/aromatic N) is 1. The fourth-order valence-corrected chi connectivity index (χ4v) is 1.76. The van der Waals surface area contributed by atoms with E-state index < -0.39 is 0 Å². The minimum Gasteiger partial charge on any atom is -0.468 e. The van der Waals surface area contributed by atoms with Gasteiger partial charge >= 0.3 is 0 Å². The predicted molar refractivity (Wildman–Crippen MR) is 71.8 cm³/mol. The maximum Gasteiger partial charge on any atom is 0.122 e. The molecule has 3 heteroatoms. The highest BCUT2D eigenvalue weighted by atomic mass is 16.3. The second kappa shape index (κ2) is 6.03. The van der Waals surface area contributed by atoms with Crippen LogP contribution in [0.25, 0.3) is 0 Å². The first kappa shape index (κ1) is 14.0. The van der Waals surface area contributed by atoms with E-state index in [1.54, 1.807) is 6.26 Å². The van der Waals surface area contributed by atoms with Gasteiger partial charge in [0.15, 0.2) is 0 Å². The summed E-state index contributed by atoms with van der Waals surface area (Å²) in [5.41, 5.74) is 1.34. The molecule has 0 spiro atoms. The zero-order chi connectivity index (χ0) is 12.9. The molecule has 1 heterocycles. The molecule has 0 atom stereocenters. The topological polar surface area (TPSA) is 28.4 Å². The summed E-state index contributed by atoms with van der Waals surface area (Å²) < 4.78 is 5.57. The van der Waals surface area contributed by atoms with Crippen molar-refractivity contribution >= 4 is 0 Å². The fraction of sp³-hybridized carbons (Fsp3) is 0.571. The van der Waals surface area contributed by atoms with Crippen molar-refractivity contribution in [2.75, 3.05) is 13.6 Å². The first-order valence-corrected chi connectivity index (χ1v) is 6.05. The molecule has 0 fully saturated rings. The minimum absolute atomic E-state index is 0.109. The van der Waals surface area contributed by atoms with Gasteiger partial charge in [-0.25, -0.2) is 0 Å². The van der Waals surface area contributed by atoms with Gasteiger partial charge in [-0.05, 0) is 33.9 Å². The van der Waals surface area contributed by atoms with Crippen molar-refractivity contribution in [2.24, 2.45) is 0 Å². The van der Waals surface area contributed by atoms with E-state index in [0.29, 0.717) is 0 Å². The second-order valence-corrected chi connectivity index (χ2v) is 5.24. The van der Waals surface area contributed by atoms with Crippen LogP contribution in [0.5, 0.6) is 0 Å². The molecule has 0 amide bonds. The monoisotopic (exact) mass is 236 g/mol. The summed E-state index contributed by atoms with van der Waals surface area (Å²) in [7, 11) is 1.95. The van der Waals surface area contributed by atoms with Crippen molar-refractivity contribution in [3.8, 4) is 0 Å². The Balaban J connectivity index is 2.78. The normalized spacial score (nSPS) is 12.1. The third-order valence-corrected chi connectivity index (χ3v) is 2.84. The van der Waals surface area contributed by atoms with Crippen molar-refractivity contribution in [2.45, 2.75) is 39.4 Å². The Morgan fingerprint density at radius 1 is 1.47 bits per heavy atom. The van der Waals surface area contributed by atoms with Crippen LogP contribution in [-0.2, 0) is 13.1 Å². The summed E-state index contributed by atoms with van der Waals surface area (Å²) in [6.07, 6.45) is 3.70. The second-order valence-electron chi connectivity index (χ2n) is 5.24. The number of hydrogen-bond donors (Lipinski definition) is 1. The fourth-order valence-electron chi connectivity index (χ4n) is 1.76.